The van der Waals surface area contributed by atoms with E-state index in [2.05, 4.69) is 32.9 Å². The van der Waals surface area contributed by atoms with Crippen LogP contribution in [0.2, 0.25) is 0 Å². The molecule has 2 aromatic rings. The van der Waals surface area contributed by atoms with Crippen molar-refractivity contribution in [3.8, 4) is 11.5 Å². The van der Waals surface area contributed by atoms with Crippen molar-refractivity contribution in [1.29, 1.82) is 0 Å². The lowest BCUT2D eigenvalue weighted by Crippen LogP contribution is -2.25. The zero-order chi connectivity index (χ0) is 19.8. The number of rotatable bonds is 3. The zero-order valence-electron chi connectivity index (χ0n) is 16.8. The second kappa shape index (κ2) is 7.12. The lowest BCUT2D eigenvalue weighted by Gasteiger charge is -2.20. The van der Waals surface area contributed by atoms with Crippen LogP contribution < -0.4 is 9.47 Å². The van der Waals surface area contributed by atoms with E-state index in [0.29, 0.717) is 11.5 Å². The molecule has 1 heterocycles. The van der Waals surface area contributed by atoms with Crippen LogP contribution in [0.3, 0.4) is 0 Å². The number of carbonyl (C=O) groups excluding carboxylic acids is 1. The SMILES string of the molecule is CN(Sc1ccc(C(C)(C)C)cc1)C(=O)Oc1cccc2c1OC(C)(C)C2. The molecule has 0 aliphatic carbocycles. The summed E-state index contributed by atoms with van der Waals surface area (Å²) in [5, 5.41) is 0. The number of ether oxygens (including phenoxy) is 2. The number of para-hydroxylation sites is 1. The third-order valence-corrected chi connectivity index (χ3v) is 5.38. The molecule has 0 atom stereocenters. The summed E-state index contributed by atoms with van der Waals surface area (Å²) in [6.45, 7) is 10.6. The Morgan fingerprint density at radius 3 is 2.44 bits per heavy atom. The van der Waals surface area contributed by atoms with E-state index in [9.17, 15) is 4.79 Å². The lowest BCUT2D eigenvalue weighted by atomic mass is 9.87. The molecule has 4 nitrogen and oxygen atoms in total. The molecule has 27 heavy (non-hydrogen) atoms. The third kappa shape index (κ3) is 4.59. The van der Waals surface area contributed by atoms with Crippen LogP contribution in [-0.4, -0.2) is 23.0 Å². The summed E-state index contributed by atoms with van der Waals surface area (Å²) in [7, 11) is 1.71. The van der Waals surface area contributed by atoms with Gasteiger partial charge in [0.25, 0.3) is 0 Å². The molecule has 1 aliphatic rings. The maximum Gasteiger partial charge on any atom is 0.425 e. The quantitative estimate of drug-likeness (QED) is 0.623. The molecule has 2 aromatic carbocycles. The summed E-state index contributed by atoms with van der Waals surface area (Å²) >= 11 is 1.34. The predicted octanol–water partition coefficient (Wildman–Crippen LogP) is 5.84. The summed E-state index contributed by atoms with van der Waals surface area (Å²) in [4.78, 5) is 13.5. The molecule has 144 valence electrons. The average Bonchev–Trinajstić information content (AvgIpc) is 2.89. The predicted molar refractivity (Wildman–Crippen MR) is 110 cm³/mol. The van der Waals surface area contributed by atoms with Crippen LogP contribution in [0.4, 0.5) is 4.79 Å². The van der Waals surface area contributed by atoms with Crippen LogP contribution in [0.5, 0.6) is 11.5 Å². The molecule has 1 aliphatic heterocycles. The van der Waals surface area contributed by atoms with Gasteiger partial charge in [-0.2, -0.15) is 0 Å². The molecule has 0 bridgehead atoms. The molecular formula is C22H27NO3S. The molecule has 5 heteroatoms. The second-order valence-electron chi connectivity index (χ2n) is 8.51. The van der Waals surface area contributed by atoms with E-state index < -0.39 is 6.09 Å². The number of amides is 1. The van der Waals surface area contributed by atoms with Gasteiger partial charge >= 0.3 is 6.09 Å². The van der Waals surface area contributed by atoms with Crippen molar-refractivity contribution >= 4 is 18.0 Å². The fourth-order valence-electron chi connectivity index (χ4n) is 3.04. The van der Waals surface area contributed by atoms with Crippen molar-refractivity contribution in [2.45, 2.75) is 57.0 Å². The van der Waals surface area contributed by atoms with Gasteiger partial charge in [-0.05, 0) is 55.0 Å². The maximum absolute atomic E-state index is 12.5. The van der Waals surface area contributed by atoms with E-state index in [-0.39, 0.29) is 11.0 Å². The van der Waals surface area contributed by atoms with E-state index >= 15 is 0 Å². The van der Waals surface area contributed by atoms with Crippen LogP contribution in [-0.2, 0) is 11.8 Å². The standard InChI is InChI=1S/C22H27NO3S/c1-21(2,3)16-10-12-17(13-11-16)27-23(6)20(24)25-18-9-7-8-15-14-22(4,5)26-19(15)18/h7-13H,14H2,1-6H3. The van der Waals surface area contributed by atoms with Gasteiger partial charge in [-0.1, -0.05) is 45.0 Å². The van der Waals surface area contributed by atoms with Gasteiger partial charge in [0.15, 0.2) is 11.5 Å². The van der Waals surface area contributed by atoms with Crippen LogP contribution in [0, 0.1) is 0 Å². The fraction of sp³-hybridized carbons (Fsp3) is 0.409. The molecule has 0 radical (unpaired) electrons. The van der Waals surface area contributed by atoms with Gasteiger partial charge in [0.2, 0.25) is 0 Å². The normalized spacial score (nSPS) is 15.0. The molecule has 0 N–H and O–H groups in total. The molecular weight excluding hydrogens is 358 g/mol. The topological polar surface area (TPSA) is 38.8 Å². The number of hydrogen-bond acceptors (Lipinski definition) is 4. The van der Waals surface area contributed by atoms with Crippen molar-refractivity contribution in [2.24, 2.45) is 0 Å². The minimum Gasteiger partial charge on any atom is -0.483 e. The summed E-state index contributed by atoms with van der Waals surface area (Å²) in [6, 6.07) is 13.9. The van der Waals surface area contributed by atoms with Crippen molar-refractivity contribution in [3.63, 3.8) is 0 Å². The lowest BCUT2D eigenvalue weighted by molar-refractivity contribution is 0.132. The van der Waals surface area contributed by atoms with Gasteiger partial charge in [0.05, 0.1) is 0 Å². The van der Waals surface area contributed by atoms with E-state index in [1.54, 1.807) is 13.1 Å². The monoisotopic (exact) mass is 385 g/mol. The molecule has 0 saturated heterocycles. The molecule has 0 saturated carbocycles. The Kier molecular flexibility index (Phi) is 5.17. The highest BCUT2D eigenvalue weighted by atomic mass is 32.2. The zero-order valence-corrected chi connectivity index (χ0v) is 17.6. The Bertz CT molecular complexity index is 838. The molecule has 0 fully saturated rings. The first-order valence-electron chi connectivity index (χ1n) is 9.10. The second-order valence-corrected chi connectivity index (χ2v) is 9.72. The van der Waals surface area contributed by atoms with Gasteiger partial charge in [-0.15, -0.1) is 0 Å². The molecule has 0 aromatic heterocycles. The van der Waals surface area contributed by atoms with Gasteiger partial charge in [0, 0.05) is 23.9 Å². The number of nitrogens with zero attached hydrogens (tertiary/aromatic N) is 1. The molecule has 1 amide bonds. The fourth-order valence-corrected chi connectivity index (χ4v) is 3.72. The summed E-state index contributed by atoms with van der Waals surface area (Å²) < 4.78 is 13.1. The van der Waals surface area contributed by atoms with Gasteiger partial charge < -0.3 is 9.47 Å². The maximum atomic E-state index is 12.5. The Balaban J connectivity index is 1.67. The first kappa shape index (κ1) is 19.6. The average molecular weight is 386 g/mol. The van der Waals surface area contributed by atoms with E-state index in [1.807, 2.05) is 38.1 Å². The van der Waals surface area contributed by atoms with Crippen LogP contribution >= 0.6 is 11.9 Å². The van der Waals surface area contributed by atoms with E-state index in [0.717, 1.165) is 16.9 Å². The highest BCUT2D eigenvalue weighted by molar-refractivity contribution is 7.97. The summed E-state index contributed by atoms with van der Waals surface area (Å²) in [5.74, 6) is 1.14. The Hall–Kier alpha value is -2.14. The minimum absolute atomic E-state index is 0.107. The van der Waals surface area contributed by atoms with Crippen LogP contribution in [0.1, 0.15) is 45.7 Å². The Morgan fingerprint density at radius 2 is 1.81 bits per heavy atom. The largest absolute Gasteiger partial charge is 0.483 e. The molecule has 3 rings (SSSR count). The smallest absolute Gasteiger partial charge is 0.425 e. The minimum atomic E-state index is -0.429. The Morgan fingerprint density at radius 1 is 1.15 bits per heavy atom. The van der Waals surface area contributed by atoms with Gasteiger partial charge in [0.1, 0.15) is 5.60 Å². The van der Waals surface area contributed by atoms with Crippen molar-refractivity contribution < 1.29 is 14.3 Å². The first-order valence-corrected chi connectivity index (χ1v) is 9.87. The van der Waals surface area contributed by atoms with Crippen molar-refractivity contribution in [3.05, 3.63) is 53.6 Å². The number of hydrogen-bond donors (Lipinski definition) is 0. The first-order chi connectivity index (χ1) is 12.5. The highest BCUT2D eigenvalue weighted by Crippen LogP contribution is 2.42. The van der Waals surface area contributed by atoms with E-state index in [1.165, 1.54) is 21.8 Å². The van der Waals surface area contributed by atoms with Crippen molar-refractivity contribution in [2.75, 3.05) is 7.05 Å². The summed E-state index contributed by atoms with van der Waals surface area (Å²) in [6.07, 6.45) is 0.375. The van der Waals surface area contributed by atoms with Crippen LogP contribution in [0.25, 0.3) is 0 Å². The Labute approximate surface area is 166 Å². The van der Waals surface area contributed by atoms with Crippen molar-refractivity contribution in [1.82, 2.24) is 4.31 Å². The van der Waals surface area contributed by atoms with Gasteiger partial charge in [-0.25, -0.2) is 9.10 Å². The van der Waals surface area contributed by atoms with Crippen LogP contribution in [0.15, 0.2) is 47.4 Å². The molecule has 0 spiro atoms. The third-order valence-electron chi connectivity index (χ3n) is 4.47. The van der Waals surface area contributed by atoms with E-state index in [4.69, 9.17) is 9.47 Å². The highest BCUT2D eigenvalue weighted by Gasteiger charge is 2.33. The number of benzene rings is 2. The summed E-state index contributed by atoms with van der Waals surface area (Å²) in [5.41, 5.74) is 2.16. The number of fused-ring (bicyclic) bond motifs is 1. The molecule has 0 unspecified atom stereocenters. The van der Waals surface area contributed by atoms with Gasteiger partial charge in [-0.3, -0.25) is 0 Å². The number of carbonyl (C=O) groups is 1.